The van der Waals surface area contributed by atoms with Gasteiger partial charge in [0.15, 0.2) is 0 Å². The van der Waals surface area contributed by atoms with Crippen LogP contribution < -0.4 is 0 Å². The lowest BCUT2D eigenvalue weighted by Crippen LogP contribution is -2.49. The molecule has 1 fully saturated rings. The van der Waals surface area contributed by atoms with E-state index in [1.807, 2.05) is 6.92 Å². The summed E-state index contributed by atoms with van der Waals surface area (Å²) < 4.78 is 26.6. The Morgan fingerprint density at radius 3 is 2.48 bits per heavy atom. The summed E-state index contributed by atoms with van der Waals surface area (Å²) in [4.78, 5) is 11.8. The predicted octanol–water partition coefficient (Wildman–Crippen LogP) is 2.26. The first kappa shape index (κ1) is 16.0. The molecule has 5 nitrogen and oxygen atoms in total. The Kier molecular flexibility index (Phi) is 4.39. The van der Waals surface area contributed by atoms with E-state index >= 15 is 0 Å². The number of piperidine rings is 1. The Morgan fingerprint density at radius 1 is 1.33 bits per heavy atom. The molecule has 6 heteroatoms. The van der Waals surface area contributed by atoms with Gasteiger partial charge in [-0.25, -0.2) is 8.42 Å². The molecular formula is C15H21NO4S. The molecule has 2 rings (SSSR count). The molecule has 1 N–H and O–H groups in total. The lowest BCUT2D eigenvalue weighted by molar-refractivity contribution is -0.151. The molecule has 1 unspecified atom stereocenters. The van der Waals surface area contributed by atoms with E-state index in [2.05, 4.69) is 0 Å². The van der Waals surface area contributed by atoms with Gasteiger partial charge in [-0.1, -0.05) is 24.6 Å². The normalized spacial score (nSPS) is 23.9. The maximum atomic E-state index is 12.7. The summed E-state index contributed by atoms with van der Waals surface area (Å²) in [7, 11) is -3.62. The fourth-order valence-electron chi connectivity index (χ4n) is 2.77. The smallest absolute Gasteiger partial charge is 0.310 e. The van der Waals surface area contributed by atoms with Crippen LogP contribution in [-0.4, -0.2) is 36.9 Å². The van der Waals surface area contributed by atoms with Crippen LogP contribution in [0.2, 0.25) is 0 Å². The average Bonchev–Trinajstić information content (AvgIpc) is 2.47. The Hall–Kier alpha value is -1.40. The van der Waals surface area contributed by atoms with Crippen molar-refractivity contribution in [3.63, 3.8) is 0 Å². The van der Waals surface area contributed by atoms with Crippen LogP contribution >= 0.6 is 0 Å². The fourth-order valence-corrected chi connectivity index (χ4v) is 4.33. The summed E-state index contributed by atoms with van der Waals surface area (Å²) in [5.41, 5.74) is 0.0248. The molecule has 0 bridgehead atoms. The van der Waals surface area contributed by atoms with E-state index < -0.39 is 21.4 Å². The molecule has 1 aromatic rings. The van der Waals surface area contributed by atoms with E-state index in [9.17, 15) is 18.3 Å². The number of sulfonamides is 1. The van der Waals surface area contributed by atoms with Gasteiger partial charge in [-0.3, -0.25) is 4.79 Å². The first-order valence-electron chi connectivity index (χ1n) is 7.12. The molecule has 1 aromatic carbocycles. The molecule has 116 valence electrons. The van der Waals surface area contributed by atoms with Gasteiger partial charge in [0.05, 0.1) is 10.3 Å². The van der Waals surface area contributed by atoms with Gasteiger partial charge < -0.3 is 5.11 Å². The van der Waals surface area contributed by atoms with Crippen LogP contribution in [0.3, 0.4) is 0 Å². The maximum Gasteiger partial charge on any atom is 0.310 e. The van der Waals surface area contributed by atoms with Crippen LogP contribution in [0.25, 0.3) is 0 Å². The van der Waals surface area contributed by atoms with Crippen molar-refractivity contribution < 1.29 is 18.3 Å². The fraction of sp³-hybridized carbons (Fsp3) is 0.533. The average molecular weight is 311 g/mol. The number of rotatable bonds is 4. The largest absolute Gasteiger partial charge is 0.481 e. The molecule has 0 amide bonds. The van der Waals surface area contributed by atoms with E-state index in [1.165, 1.54) is 4.31 Å². The SMILES string of the molecule is CCC1(C(=O)O)CCCN(S(=O)(=O)c2ccc(C)cc2)C1. The van der Waals surface area contributed by atoms with Gasteiger partial charge in [-0.15, -0.1) is 0 Å². The van der Waals surface area contributed by atoms with Crippen molar-refractivity contribution in [3.8, 4) is 0 Å². The molecule has 1 aliphatic heterocycles. The third-order valence-corrected chi connectivity index (χ3v) is 6.19. The van der Waals surface area contributed by atoms with Crippen molar-refractivity contribution >= 4 is 16.0 Å². The highest BCUT2D eigenvalue weighted by molar-refractivity contribution is 7.89. The van der Waals surface area contributed by atoms with Gasteiger partial charge in [0, 0.05) is 13.1 Å². The number of benzene rings is 1. The molecule has 1 saturated heterocycles. The third-order valence-electron chi connectivity index (χ3n) is 4.33. The summed E-state index contributed by atoms with van der Waals surface area (Å²) >= 11 is 0. The Labute approximate surface area is 125 Å². The number of carboxylic acids is 1. The first-order chi connectivity index (χ1) is 9.82. The molecule has 0 aromatic heterocycles. The van der Waals surface area contributed by atoms with Gasteiger partial charge in [0.2, 0.25) is 10.0 Å². The van der Waals surface area contributed by atoms with Gasteiger partial charge >= 0.3 is 5.97 Å². The molecule has 1 aliphatic rings. The van der Waals surface area contributed by atoms with Crippen LogP contribution in [0, 0.1) is 12.3 Å². The van der Waals surface area contributed by atoms with Crippen molar-refractivity contribution in [1.29, 1.82) is 0 Å². The molecular weight excluding hydrogens is 290 g/mol. The molecule has 0 saturated carbocycles. The number of hydrogen-bond donors (Lipinski definition) is 1. The molecule has 21 heavy (non-hydrogen) atoms. The number of carbonyl (C=O) groups is 1. The van der Waals surface area contributed by atoms with Crippen LogP contribution in [0.5, 0.6) is 0 Å². The van der Waals surface area contributed by atoms with E-state index in [-0.39, 0.29) is 11.4 Å². The zero-order valence-electron chi connectivity index (χ0n) is 12.4. The van der Waals surface area contributed by atoms with Crippen molar-refractivity contribution in [2.75, 3.05) is 13.1 Å². The molecule has 0 spiro atoms. The van der Waals surface area contributed by atoms with Gasteiger partial charge in [0.25, 0.3) is 0 Å². The topological polar surface area (TPSA) is 74.7 Å². The van der Waals surface area contributed by atoms with E-state index in [0.717, 1.165) is 5.56 Å². The number of nitrogens with zero attached hydrogens (tertiary/aromatic N) is 1. The van der Waals surface area contributed by atoms with E-state index in [1.54, 1.807) is 31.2 Å². The minimum absolute atomic E-state index is 0.0506. The minimum atomic E-state index is -3.62. The second-order valence-corrected chi connectivity index (χ2v) is 7.63. The van der Waals surface area contributed by atoms with Crippen LogP contribution in [0.15, 0.2) is 29.2 Å². The summed E-state index contributed by atoms with van der Waals surface area (Å²) in [5, 5.41) is 9.46. The number of aryl methyl sites for hydroxylation is 1. The second-order valence-electron chi connectivity index (χ2n) is 5.69. The zero-order valence-corrected chi connectivity index (χ0v) is 13.2. The first-order valence-corrected chi connectivity index (χ1v) is 8.56. The van der Waals surface area contributed by atoms with Crippen molar-refractivity contribution in [1.82, 2.24) is 4.31 Å². The van der Waals surface area contributed by atoms with Crippen LogP contribution in [0.1, 0.15) is 31.7 Å². The summed E-state index contributed by atoms with van der Waals surface area (Å²) in [5.74, 6) is -0.909. The monoisotopic (exact) mass is 311 g/mol. The number of aliphatic carboxylic acids is 1. The van der Waals surface area contributed by atoms with E-state index in [4.69, 9.17) is 0 Å². The highest BCUT2D eigenvalue weighted by atomic mass is 32.2. The lowest BCUT2D eigenvalue weighted by Gasteiger charge is -2.38. The van der Waals surface area contributed by atoms with Gasteiger partial charge in [-0.05, 0) is 38.3 Å². The van der Waals surface area contributed by atoms with Crippen LogP contribution in [-0.2, 0) is 14.8 Å². The van der Waals surface area contributed by atoms with Gasteiger partial charge in [-0.2, -0.15) is 4.31 Å². The third kappa shape index (κ3) is 2.96. The predicted molar refractivity (Wildman–Crippen MR) is 79.5 cm³/mol. The Bertz CT molecular complexity index is 624. The molecule has 0 radical (unpaired) electrons. The minimum Gasteiger partial charge on any atom is -0.481 e. The maximum absolute atomic E-state index is 12.7. The standard InChI is InChI=1S/C15H21NO4S/c1-3-15(14(17)18)9-4-10-16(11-15)21(19,20)13-7-5-12(2)6-8-13/h5-8H,3-4,9-11H2,1-2H3,(H,17,18). The van der Waals surface area contributed by atoms with E-state index in [0.29, 0.717) is 25.8 Å². The zero-order chi connectivity index (χ0) is 15.7. The highest BCUT2D eigenvalue weighted by Crippen LogP contribution is 2.36. The van der Waals surface area contributed by atoms with Crippen molar-refractivity contribution in [2.45, 2.75) is 38.0 Å². The lowest BCUT2D eigenvalue weighted by atomic mass is 9.78. The van der Waals surface area contributed by atoms with Crippen molar-refractivity contribution in [3.05, 3.63) is 29.8 Å². The van der Waals surface area contributed by atoms with Gasteiger partial charge in [0.1, 0.15) is 0 Å². The Morgan fingerprint density at radius 2 is 1.95 bits per heavy atom. The summed E-state index contributed by atoms with van der Waals surface area (Å²) in [6, 6.07) is 6.66. The molecule has 0 aliphatic carbocycles. The quantitative estimate of drug-likeness (QED) is 0.925. The second kappa shape index (κ2) is 5.77. The summed E-state index contributed by atoms with van der Waals surface area (Å²) in [6.45, 7) is 4.13. The highest BCUT2D eigenvalue weighted by Gasteiger charge is 2.44. The number of hydrogen-bond acceptors (Lipinski definition) is 3. The Balaban J connectivity index is 2.32. The molecule has 1 atom stereocenters. The van der Waals surface area contributed by atoms with Crippen LogP contribution in [0.4, 0.5) is 0 Å². The van der Waals surface area contributed by atoms with Crippen molar-refractivity contribution in [2.24, 2.45) is 5.41 Å². The molecule has 1 heterocycles. The number of carboxylic acid groups (broad SMARTS) is 1. The summed E-state index contributed by atoms with van der Waals surface area (Å²) in [6.07, 6.45) is 1.53.